The monoisotopic (exact) mass is 527 g/mol. The zero-order valence-electron chi connectivity index (χ0n) is 18.5. The van der Waals surface area contributed by atoms with Crippen molar-refractivity contribution in [2.75, 3.05) is 32.7 Å². The summed E-state index contributed by atoms with van der Waals surface area (Å²) in [5.74, 6) is 2.11. The maximum Gasteiger partial charge on any atom is 0.223 e. The highest BCUT2D eigenvalue weighted by atomic mass is 127. The predicted molar refractivity (Wildman–Crippen MR) is 134 cm³/mol. The zero-order chi connectivity index (χ0) is 20.5. The van der Waals surface area contributed by atoms with Gasteiger partial charge in [0.2, 0.25) is 5.91 Å². The lowest BCUT2D eigenvalue weighted by molar-refractivity contribution is -0.122. The van der Waals surface area contributed by atoms with E-state index in [0.717, 1.165) is 37.8 Å². The van der Waals surface area contributed by atoms with Gasteiger partial charge >= 0.3 is 0 Å². The van der Waals surface area contributed by atoms with E-state index >= 15 is 0 Å². The number of nitrogens with zero attached hydrogens (tertiary/aromatic N) is 2. The molecule has 30 heavy (non-hydrogen) atoms. The topological polar surface area (TPSA) is 68.8 Å². The molecule has 7 heteroatoms. The van der Waals surface area contributed by atoms with Gasteiger partial charge in [0.25, 0.3) is 0 Å². The van der Waals surface area contributed by atoms with Crippen LogP contribution in [0, 0.1) is 11.8 Å². The summed E-state index contributed by atoms with van der Waals surface area (Å²) in [7, 11) is 0. The summed E-state index contributed by atoms with van der Waals surface area (Å²) in [4.78, 5) is 19.1. The van der Waals surface area contributed by atoms with Crippen molar-refractivity contribution in [3.63, 3.8) is 0 Å². The molecule has 0 unspecified atom stereocenters. The molecule has 1 heterocycles. The van der Waals surface area contributed by atoms with Gasteiger partial charge in [0, 0.05) is 32.1 Å². The van der Waals surface area contributed by atoms with E-state index < -0.39 is 0 Å². The Balaban J connectivity index is 0.00000320. The molecule has 3 N–H and O–H groups in total. The van der Waals surface area contributed by atoms with Gasteiger partial charge in [-0.05, 0) is 62.7 Å². The number of halogens is 1. The smallest absolute Gasteiger partial charge is 0.223 e. The Morgan fingerprint density at radius 3 is 2.37 bits per heavy atom. The van der Waals surface area contributed by atoms with Gasteiger partial charge < -0.3 is 16.0 Å². The molecule has 1 aromatic carbocycles. The van der Waals surface area contributed by atoms with E-state index in [0.29, 0.717) is 19.6 Å². The van der Waals surface area contributed by atoms with Gasteiger partial charge in [-0.1, -0.05) is 31.2 Å². The van der Waals surface area contributed by atoms with Crippen molar-refractivity contribution in [2.45, 2.75) is 52.6 Å². The average molecular weight is 527 g/mol. The SMILES string of the molecule is CCNC(=NCc1ccccc1CN1CCC(C)CC1)NCCNC(=O)C1CC1.I. The molecule has 1 saturated heterocycles. The molecule has 1 amide bonds. The number of benzene rings is 1. The van der Waals surface area contributed by atoms with Crippen LogP contribution >= 0.6 is 24.0 Å². The molecule has 0 radical (unpaired) electrons. The van der Waals surface area contributed by atoms with Crippen molar-refractivity contribution in [1.82, 2.24) is 20.9 Å². The van der Waals surface area contributed by atoms with Crippen molar-refractivity contribution < 1.29 is 4.79 Å². The van der Waals surface area contributed by atoms with Crippen LogP contribution in [-0.4, -0.2) is 49.5 Å². The maximum absolute atomic E-state index is 11.7. The second-order valence-electron chi connectivity index (χ2n) is 8.41. The fourth-order valence-electron chi connectivity index (χ4n) is 3.69. The van der Waals surface area contributed by atoms with Gasteiger partial charge in [-0.15, -0.1) is 24.0 Å². The number of amides is 1. The minimum atomic E-state index is 0. The Labute approximate surface area is 198 Å². The molecular formula is C23H38IN5O. The van der Waals surface area contributed by atoms with Crippen molar-refractivity contribution in [3.05, 3.63) is 35.4 Å². The van der Waals surface area contributed by atoms with Crippen LogP contribution in [0.1, 0.15) is 50.7 Å². The number of hydrogen-bond acceptors (Lipinski definition) is 3. The van der Waals surface area contributed by atoms with Gasteiger partial charge in [-0.25, -0.2) is 4.99 Å². The van der Waals surface area contributed by atoms with Crippen LogP contribution in [0.5, 0.6) is 0 Å². The summed E-state index contributed by atoms with van der Waals surface area (Å²) >= 11 is 0. The first-order chi connectivity index (χ1) is 14.2. The fraction of sp³-hybridized carbons (Fsp3) is 0.652. The van der Waals surface area contributed by atoms with E-state index in [2.05, 4.69) is 59.0 Å². The minimum Gasteiger partial charge on any atom is -0.357 e. The summed E-state index contributed by atoms with van der Waals surface area (Å²) in [6.45, 7) is 10.6. The second kappa shape index (κ2) is 13.1. The summed E-state index contributed by atoms with van der Waals surface area (Å²) in [5, 5.41) is 9.61. The third-order valence-corrected chi connectivity index (χ3v) is 5.81. The van der Waals surface area contributed by atoms with E-state index in [1.807, 2.05) is 0 Å². The molecule has 0 aromatic heterocycles. The van der Waals surface area contributed by atoms with Gasteiger partial charge in [0.05, 0.1) is 6.54 Å². The molecule has 0 spiro atoms. The Kier molecular flexibility index (Phi) is 10.9. The molecule has 1 aromatic rings. The molecule has 1 aliphatic heterocycles. The first-order valence-electron chi connectivity index (χ1n) is 11.2. The molecule has 0 bridgehead atoms. The van der Waals surface area contributed by atoms with E-state index in [4.69, 9.17) is 4.99 Å². The summed E-state index contributed by atoms with van der Waals surface area (Å²) in [6, 6.07) is 8.64. The largest absolute Gasteiger partial charge is 0.357 e. The molecular weight excluding hydrogens is 489 g/mol. The lowest BCUT2D eigenvalue weighted by Gasteiger charge is -2.30. The number of aliphatic imine (C=N–C) groups is 1. The van der Waals surface area contributed by atoms with Crippen molar-refractivity contribution >= 4 is 35.8 Å². The van der Waals surface area contributed by atoms with Crippen LogP contribution in [0.15, 0.2) is 29.3 Å². The Hall–Kier alpha value is -1.35. The predicted octanol–water partition coefficient (Wildman–Crippen LogP) is 3.12. The number of carbonyl (C=O) groups excluding carboxylic acids is 1. The first kappa shape index (κ1) is 24.9. The van der Waals surface area contributed by atoms with Crippen LogP contribution in [0.3, 0.4) is 0 Å². The number of piperidine rings is 1. The van der Waals surface area contributed by atoms with E-state index in [1.165, 1.54) is 37.1 Å². The minimum absolute atomic E-state index is 0. The zero-order valence-corrected chi connectivity index (χ0v) is 20.8. The molecule has 0 atom stereocenters. The summed E-state index contributed by atoms with van der Waals surface area (Å²) in [5.41, 5.74) is 2.66. The van der Waals surface area contributed by atoms with E-state index in [9.17, 15) is 4.79 Å². The number of likely N-dealkylation sites (tertiary alicyclic amines) is 1. The molecule has 3 rings (SSSR count). The lowest BCUT2D eigenvalue weighted by atomic mass is 9.98. The van der Waals surface area contributed by atoms with Crippen LogP contribution in [0.2, 0.25) is 0 Å². The van der Waals surface area contributed by atoms with Crippen LogP contribution in [0.4, 0.5) is 0 Å². The Morgan fingerprint density at radius 2 is 1.70 bits per heavy atom. The van der Waals surface area contributed by atoms with Gasteiger partial charge in [-0.2, -0.15) is 0 Å². The number of rotatable bonds is 9. The number of nitrogens with one attached hydrogen (secondary N) is 3. The van der Waals surface area contributed by atoms with Crippen molar-refractivity contribution in [2.24, 2.45) is 16.8 Å². The maximum atomic E-state index is 11.7. The lowest BCUT2D eigenvalue weighted by Crippen LogP contribution is -2.41. The highest BCUT2D eigenvalue weighted by molar-refractivity contribution is 14.0. The highest BCUT2D eigenvalue weighted by Gasteiger charge is 2.28. The standard InChI is InChI=1S/C23H37N5O.HI/c1-3-24-23(26-13-12-25-22(29)19-8-9-19)27-16-20-6-4-5-7-21(20)17-28-14-10-18(2)11-15-28;/h4-7,18-19H,3,8-17H2,1-2H3,(H,25,29)(H2,24,26,27);1H. The third-order valence-electron chi connectivity index (χ3n) is 5.81. The third kappa shape index (κ3) is 8.41. The summed E-state index contributed by atoms with van der Waals surface area (Å²) in [6.07, 6.45) is 4.68. The first-order valence-corrected chi connectivity index (χ1v) is 11.2. The molecule has 6 nitrogen and oxygen atoms in total. The van der Waals surface area contributed by atoms with Crippen molar-refractivity contribution in [1.29, 1.82) is 0 Å². The van der Waals surface area contributed by atoms with Crippen LogP contribution in [-0.2, 0) is 17.9 Å². The second-order valence-corrected chi connectivity index (χ2v) is 8.41. The Morgan fingerprint density at radius 1 is 1.03 bits per heavy atom. The van der Waals surface area contributed by atoms with Gasteiger partial charge in [-0.3, -0.25) is 9.69 Å². The van der Waals surface area contributed by atoms with Crippen molar-refractivity contribution in [3.8, 4) is 0 Å². The number of hydrogen-bond donors (Lipinski definition) is 3. The van der Waals surface area contributed by atoms with E-state index in [1.54, 1.807) is 0 Å². The number of guanidine groups is 1. The van der Waals surface area contributed by atoms with Gasteiger partial charge in [0.1, 0.15) is 0 Å². The summed E-state index contributed by atoms with van der Waals surface area (Å²) < 4.78 is 0. The Bertz CT molecular complexity index is 684. The van der Waals surface area contributed by atoms with Crippen LogP contribution < -0.4 is 16.0 Å². The van der Waals surface area contributed by atoms with Gasteiger partial charge in [0.15, 0.2) is 5.96 Å². The molecule has 168 valence electrons. The fourth-order valence-corrected chi connectivity index (χ4v) is 3.69. The van der Waals surface area contributed by atoms with Crippen LogP contribution in [0.25, 0.3) is 0 Å². The normalized spacial score (nSPS) is 17.9. The average Bonchev–Trinajstić information content (AvgIpc) is 3.57. The molecule has 1 aliphatic carbocycles. The highest BCUT2D eigenvalue weighted by Crippen LogP contribution is 2.28. The quantitative estimate of drug-likeness (QED) is 0.200. The molecule has 1 saturated carbocycles. The van der Waals surface area contributed by atoms with E-state index in [-0.39, 0.29) is 35.8 Å². The molecule has 2 aliphatic rings. The molecule has 2 fully saturated rings. The number of carbonyl (C=O) groups is 1.